The van der Waals surface area contributed by atoms with Crippen LogP contribution in [0.15, 0.2) is 16.8 Å². The first-order valence-electron chi connectivity index (χ1n) is 9.24. The molecule has 0 aliphatic heterocycles. The van der Waals surface area contributed by atoms with E-state index in [-0.39, 0.29) is 0 Å². The van der Waals surface area contributed by atoms with Crippen molar-refractivity contribution in [3.63, 3.8) is 0 Å². The summed E-state index contributed by atoms with van der Waals surface area (Å²) in [6.07, 6.45) is 18.4. The van der Waals surface area contributed by atoms with Gasteiger partial charge in [-0.1, -0.05) is 89.6 Å². The van der Waals surface area contributed by atoms with Crippen LogP contribution in [0.2, 0.25) is 19.1 Å². The van der Waals surface area contributed by atoms with E-state index in [1.807, 2.05) is 0 Å². The maximum atomic E-state index is 4.58. The zero-order valence-corrected chi connectivity index (χ0v) is 16.2. The Morgan fingerprint density at radius 3 is 1.86 bits per heavy atom. The lowest BCUT2D eigenvalue weighted by atomic mass is 10.1. The largest absolute Gasteiger partial charge is 0.298 e. The highest BCUT2D eigenvalue weighted by Crippen LogP contribution is 2.11. The number of hydrogen-bond donors (Lipinski definition) is 0. The third-order valence-electron chi connectivity index (χ3n) is 4.01. The second kappa shape index (κ2) is 14.6. The van der Waals surface area contributed by atoms with Crippen molar-refractivity contribution in [2.75, 3.05) is 6.54 Å². The maximum absolute atomic E-state index is 4.58. The number of hydrogen-bond acceptors (Lipinski definition) is 1. The van der Waals surface area contributed by atoms with Gasteiger partial charge in [0.15, 0.2) is 0 Å². The van der Waals surface area contributed by atoms with Crippen LogP contribution in [0.25, 0.3) is 0 Å². The molecule has 0 saturated carbocycles. The summed E-state index contributed by atoms with van der Waals surface area (Å²) < 4.78 is 0. The van der Waals surface area contributed by atoms with Crippen LogP contribution in [-0.4, -0.2) is 20.8 Å². The molecule has 0 aromatic heterocycles. The van der Waals surface area contributed by atoms with Gasteiger partial charge in [0, 0.05) is 6.54 Å². The molecule has 0 aliphatic rings. The Balaban J connectivity index is 3.29. The molecule has 0 rings (SSSR count). The van der Waals surface area contributed by atoms with Crippen LogP contribution >= 0.6 is 0 Å². The summed E-state index contributed by atoms with van der Waals surface area (Å²) in [4.78, 5) is 4.58. The molecule has 0 spiro atoms. The maximum Gasteiger partial charge on any atom is 0.0765 e. The predicted octanol–water partition coefficient (Wildman–Crippen LogP) is 6.80. The van der Waals surface area contributed by atoms with Gasteiger partial charge in [0.2, 0.25) is 0 Å². The first kappa shape index (κ1) is 20.6. The summed E-state index contributed by atoms with van der Waals surface area (Å²) in [7, 11) is -1.13. The Hall–Kier alpha value is -0.373. The van der Waals surface area contributed by atoms with Crippen LogP contribution in [0.1, 0.15) is 78.1 Å². The van der Waals surface area contributed by atoms with Gasteiger partial charge >= 0.3 is 0 Å². The van der Waals surface area contributed by atoms with Crippen molar-refractivity contribution in [2.24, 2.45) is 4.99 Å². The first-order valence-corrected chi connectivity index (χ1v) is 12.5. The summed E-state index contributed by atoms with van der Waals surface area (Å²) in [5.41, 5.74) is 2.40. The van der Waals surface area contributed by atoms with Crippen molar-refractivity contribution in [1.82, 2.24) is 0 Å². The summed E-state index contributed by atoms with van der Waals surface area (Å²) in [6.45, 7) is 10.2. The van der Waals surface area contributed by atoms with Crippen LogP contribution in [-0.2, 0) is 0 Å². The number of allylic oxidation sites excluding steroid dienone is 1. The average molecular weight is 310 g/mol. The molecule has 0 radical (unpaired) electrons. The lowest BCUT2D eigenvalue weighted by Gasteiger charge is -2.13. The number of rotatable bonds is 14. The number of nitrogens with zero attached hydrogens (tertiary/aromatic N) is 1. The fourth-order valence-corrected chi connectivity index (χ4v) is 4.24. The van der Waals surface area contributed by atoms with Gasteiger partial charge in [0.1, 0.15) is 0 Å². The van der Waals surface area contributed by atoms with Gasteiger partial charge in [0.05, 0.1) is 8.07 Å². The predicted molar refractivity (Wildman–Crippen MR) is 102 cm³/mol. The molecule has 1 nitrogen and oxygen atoms in total. The molecule has 0 N–H and O–H groups in total. The fourth-order valence-electron chi connectivity index (χ4n) is 2.60. The second-order valence-electron chi connectivity index (χ2n) is 6.96. The zero-order valence-electron chi connectivity index (χ0n) is 15.2. The van der Waals surface area contributed by atoms with E-state index in [9.17, 15) is 0 Å². The van der Waals surface area contributed by atoms with E-state index >= 15 is 0 Å². The van der Waals surface area contributed by atoms with Gasteiger partial charge in [0.25, 0.3) is 0 Å². The Morgan fingerprint density at radius 1 is 0.810 bits per heavy atom. The van der Waals surface area contributed by atoms with Crippen molar-refractivity contribution in [3.8, 4) is 0 Å². The van der Waals surface area contributed by atoms with Crippen molar-refractivity contribution >= 4 is 14.3 Å². The van der Waals surface area contributed by atoms with E-state index in [4.69, 9.17) is 0 Å². The number of unbranched alkanes of at least 4 members (excludes halogenated alkanes) is 9. The molecule has 0 atom stereocenters. The number of aliphatic imine (C=N–C) groups is 1. The van der Waals surface area contributed by atoms with E-state index in [0.717, 1.165) is 6.54 Å². The van der Waals surface area contributed by atoms with Crippen molar-refractivity contribution < 1.29 is 0 Å². The van der Waals surface area contributed by atoms with Crippen LogP contribution < -0.4 is 0 Å². The zero-order chi connectivity index (χ0) is 15.8. The van der Waals surface area contributed by atoms with Crippen molar-refractivity contribution in [1.29, 1.82) is 0 Å². The van der Waals surface area contributed by atoms with Crippen molar-refractivity contribution in [3.05, 3.63) is 11.8 Å². The van der Waals surface area contributed by atoms with E-state index < -0.39 is 8.07 Å². The molecule has 0 bridgehead atoms. The summed E-state index contributed by atoms with van der Waals surface area (Å²) in [5, 5.41) is 0. The van der Waals surface area contributed by atoms with Crippen LogP contribution in [0.3, 0.4) is 0 Å². The highest BCUT2D eigenvalue weighted by Gasteiger charge is 2.13. The minimum Gasteiger partial charge on any atom is -0.298 e. The second-order valence-corrected chi connectivity index (χ2v) is 11.7. The molecule has 0 saturated heterocycles. The summed E-state index contributed by atoms with van der Waals surface area (Å²) >= 11 is 0. The topological polar surface area (TPSA) is 12.4 Å². The fraction of sp³-hybridized carbons (Fsp3) is 0.842. The summed E-state index contributed by atoms with van der Waals surface area (Å²) in [6, 6.07) is 1.19. The molecule has 0 amide bonds. The van der Waals surface area contributed by atoms with Gasteiger partial charge in [-0.15, -0.1) is 0 Å². The molecule has 0 aromatic carbocycles. The van der Waals surface area contributed by atoms with Crippen LogP contribution in [0, 0.1) is 0 Å². The van der Waals surface area contributed by atoms with Crippen LogP contribution in [0.4, 0.5) is 0 Å². The van der Waals surface area contributed by atoms with Gasteiger partial charge in [-0.2, -0.15) is 0 Å². The highest BCUT2D eigenvalue weighted by molar-refractivity contribution is 6.84. The molecule has 0 aliphatic carbocycles. The minimum absolute atomic E-state index is 1.04. The van der Waals surface area contributed by atoms with Crippen LogP contribution in [0.5, 0.6) is 0 Å². The Morgan fingerprint density at radius 2 is 1.33 bits per heavy atom. The minimum atomic E-state index is -1.13. The van der Waals surface area contributed by atoms with Gasteiger partial charge in [-0.05, 0) is 25.6 Å². The van der Waals surface area contributed by atoms with E-state index in [1.165, 1.54) is 70.3 Å². The Kier molecular flexibility index (Phi) is 14.3. The molecule has 0 heterocycles. The lowest BCUT2D eigenvalue weighted by molar-refractivity contribution is 0.558. The summed E-state index contributed by atoms with van der Waals surface area (Å²) in [5.74, 6) is 0. The SMILES string of the molecule is CC=C[Si](C)(C)CC=NCCCCCCCCCCCC. The van der Waals surface area contributed by atoms with E-state index in [0.29, 0.717) is 0 Å². The lowest BCUT2D eigenvalue weighted by Crippen LogP contribution is -2.22. The molecule has 0 fully saturated rings. The molecular formula is C19H39NSi. The molecule has 2 heteroatoms. The Labute approximate surface area is 135 Å². The van der Waals surface area contributed by atoms with Gasteiger partial charge < -0.3 is 0 Å². The third-order valence-corrected chi connectivity index (χ3v) is 6.48. The Bertz CT molecular complexity index is 269. The third kappa shape index (κ3) is 15.8. The normalized spacial score (nSPS) is 12.8. The molecule has 21 heavy (non-hydrogen) atoms. The van der Waals surface area contributed by atoms with Gasteiger partial charge in [-0.25, -0.2) is 0 Å². The molecular weight excluding hydrogens is 270 g/mol. The highest BCUT2D eigenvalue weighted by atomic mass is 28.3. The van der Waals surface area contributed by atoms with E-state index in [1.54, 1.807) is 0 Å². The van der Waals surface area contributed by atoms with Crippen molar-refractivity contribution in [2.45, 2.75) is 97.2 Å². The molecule has 0 aromatic rings. The smallest absolute Gasteiger partial charge is 0.0765 e. The van der Waals surface area contributed by atoms with Gasteiger partial charge in [-0.3, -0.25) is 4.99 Å². The molecule has 0 unspecified atom stereocenters. The standard InChI is InChI=1S/C19H39NSi/c1-5-7-8-9-10-11-12-13-14-15-16-20-17-19-21(3,4)18-6-2/h6,17-18H,5,7-16,19H2,1-4H3. The monoisotopic (exact) mass is 309 g/mol. The average Bonchev–Trinajstić information content (AvgIpc) is 2.44. The van der Waals surface area contributed by atoms with E-state index in [2.05, 4.69) is 49.9 Å². The molecule has 124 valence electrons. The first-order chi connectivity index (χ1) is 10.1. The quantitative estimate of drug-likeness (QED) is 0.190.